The Labute approximate surface area is 192 Å². The van der Waals surface area contributed by atoms with Gasteiger partial charge in [0.15, 0.2) is 16.3 Å². The first-order valence-electron chi connectivity index (χ1n) is 9.93. The minimum absolute atomic E-state index is 0.212. The number of ether oxygens (including phenoxy) is 3. The normalized spacial score (nSPS) is 15.9. The summed E-state index contributed by atoms with van der Waals surface area (Å²) in [5, 5.41) is 1.92. The van der Waals surface area contributed by atoms with Crippen LogP contribution in [0.25, 0.3) is 6.08 Å². The molecule has 4 rings (SSSR count). The molecule has 1 aliphatic rings. The van der Waals surface area contributed by atoms with Gasteiger partial charge in [0.2, 0.25) is 0 Å². The number of methoxy groups -OCH3 is 2. The second-order valence-corrected chi connectivity index (χ2v) is 8.92. The highest BCUT2D eigenvalue weighted by atomic mass is 32.1. The third kappa shape index (κ3) is 3.89. The average molecular weight is 471 g/mol. The number of allylic oxidation sites excluding steroid dienone is 1. The molecule has 7 nitrogen and oxygen atoms in total. The number of hydrogen-bond acceptors (Lipinski definition) is 8. The predicted molar refractivity (Wildman–Crippen MR) is 124 cm³/mol. The lowest BCUT2D eigenvalue weighted by Crippen LogP contribution is -2.39. The van der Waals surface area contributed by atoms with Crippen LogP contribution in [0.1, 0.15) is 30.3 Å². The molecular formula is C23H22N2O5S2. The molecule has 32 heavy (non-hydrogen) atoms. The number of benzene rings is 1. The predicted octanol–water partition coefficient (Wildman–Crippen LogP) is 2.88. The first-order valence-corrected chi connectivity index (χ1v) is 11.6. The van der Waals surface area contributed by atoms with Crippen molar-refractivity contribution in [3.63, 3.8) is 0 Å². The van der Waals surface area contributed by atoms with Crippen LogP contribution in [0.4, 0.5) is 0 Å². The number of fused-ring (bicyclic) bond motifs is 1. The fraction of sp³-hybridized carbons (Fsp3) is 0.261. The molecule has 1 unspecified atom stereocenters. The van der Waals surface area contributed by atoms with Gasteiger partial charge in [0.25, 0.3) is 5.56 Å². The lowest BCUT2D eigenvalue weighted by molar-refractivity contribution is -0.139. The Morgan fingerprint density at radius 1 is 1.22 bits per heavy atom. The van der Waals surface area contributed by atoms with E-state index in [1.54, 1.807) is 44.8 Å². The molecule has 0 saturated carbocycles. The largest absolute Gasteiger partial charge is 0.493 e. The highest BCUT2D eigenvalue weighted by Crippen LogP contribution is 2.33. The number of aromatic nitrogens is 1. The van der Waals surface area contributed by atoms with E-state index >= 15 is 0 Å². The first kappa shape index (κ1) is 22.0. The number of carbonyl (C=O) groups excluding carboxylic acids is 1. The molecule has 3 aromatic rings. The van der Waals surface area contributed by atoms with Crippen LogP contribution in [0.5, 0.6) is 11.5 Å². The van der Waals surface area contributed by atoms with E-state index in [0.29, 0.717) is 32.1 Å². The van der Waals surface area contributed by atoms with E-state index in [1.165, 1.54) is 22.7 Å². The molecule has 2 aromatic heterocycles. The molecular weight excluding hydrogens is 448 g/mol. The van der Waals surface area contributed by atoms with Gasteiger partial charge in [-0.1, -0.05) is 23.5 Å². The van der Waals surface area contributed by atoms with Gasteiger partial charge in [0, 0.05) is 4.88 Å². The van der Waals surface area contributed by atoms with E-state index in [2.05, 4.69) is 4.99 Å². The summed E-state index contributed by atoms with van der Waals surface area (Å²) in [5.41, 5.74) is 1.53. The molecule has 166 valence electrons. The van der Waals surface area contributed by atoms with Gasteiger partial charge in [-0.15, -0.1) is 11.3 Å². The SMILES string of the molecule is CCOC(=O)C1=C(C)N=c2sc(=Cc3ccc(OC)c(OC)c3)c(=O)n2C1c1cccs1. The van der Waals surface area contributed by atoms with Crippen molar-refractivity contribution in [1.29, 1.82) is 0 Å². The standard InChI is InChI=1S/C23H22N2O5S2/c1-5-30-22(27)19-13(2)24-23-25(20(19)17-7-6-10-31-17)21(26)18(32-23)12-14-8-9-15(28-3)16(11-14)29-4/h6-12,20H,5H2,1-4H3. The molecule has 0 N–H and O–H groups in total. The van der Waals surface area contributed by atoms with Gasteiger partial charge in [-0.2, -0.15) is 0 Å². The zero-order valence-electron chi connectivity index (χ0n) is 18.1. The van der Waals surface area contributed by atoms with Crippen molar-refractivity contribution in [3.8, 4) is 11.5 Å². The van der Waals surface area contributed by atoms with Gasteiger partial charge >= 0.3 is 5.97 Å². The van der Waals surface area contributed by atoms with Gasteiger partial charge in [-0.25, -0.2) is 9.79 Å². The fourth-order valence-electron chi connectivity index (χ4n) is 3.60. The minimum atomic E-state index is -0.571. The van der Waals surface area contributed by atoms with Gasteiger partial charge in [-0.05, 0) is 49.1 Å². The lowest BCUT2D eigenvalue weighted by atomic mass is 10.0. The molecule has 0 bridgehead atoms. The lowest BCUT2D eigenvalue weighted by Gasteiger charge is -2.23. The number of thiophene rings is 1. The summed E-state index contributed by atoms with van der Waals surface area (Å²) in [6.07, 6.45) is 1.79. The van der Waals surface area contributed by atoms with Crippen LogP contribution in [-0.2, 0) is 9.53 Å². The molecule has 9 heteroatoms. The summed E-state index contributed by atoms with van der Waals surface area (Å²) in [6.45, 7) is 3.78. The second kappa shape index (κ2) is 9.13. The quantitative estimate of drug-likeness (QED) is 0.518. The molecule has 1 atom stereocenters. The number of carbonyl (C=O) groups is 1. The van der Waals surface area contributed by atoms with Crippen molar-refractivity contribution >= 4 is 34.7 Å². The monoisotopic (exact) mass is 470 g/mol. The number of rotatable bonds is 6. The zero-order chi connectivity index (χ0) is 22.8. The van der Waals surface area contributed by atoms with Gasteiger partial charge in [-0.3, -0.25) is 9.36 Å². The van der Waals surface area contributed by atoms with Crippen molar-refractivity contribution in [2.45, 2.75) is 19.9 Å². The molecule has 1 aliphatic heterocycles. The smallest absolute Gasteiger partial charge is 0.338 e. The minimum Gasteiger partial charge on any atom is -0.493 e. The van der Waals surface area contributed by atoms with Crippen LogP contribution in [0.15, 0.2) is 56.8 Å². The van der Waals surface area contributed by atoms with Crippen LogP contribution >= 0.6 is 22.7 Å². The van der Waals surface area contributed by atoms with Crippen molar-refractivity contribution in [2.24, 2.45) is 4.99 Å². The molecule has 1 aromatic carbocycles. The Kier molecular flexibility index (Phi) is 6.29. The summed E-state index contributed by atoms with van der Waals surface area (Å²) in [4.78, 5) is 32.3. The Bertz CT molecular complexity index is 1370. The third-order valence-corrected chi connectivity index (χ3v) is 6.94. The Morgan fingerprint density at radius 2 is 2.00 bits per heavy atom. The number of thiazole rings is 1. The van der Waals surface area contributed by atoms with E-state index < -0.39 is 12.0 Å². The van der Waals surface area contributed by atoms with E-state index in [-0.39, 0.29) is 12.2 Å². The van der Waals surface area contributed by atoms with Crippen LogP contribution in [-0.4, -0.2) is 31.4 Å². The maximum atomic E-state index is 13.5. The third-order valence-electron chi connectivity index (χ3n) is 5.04. The van der Waals surface area contributed by atoms with Gasteiger partial charge < -0.3 is 14.2 Å². The van der Waals surface area contributed by atoms with Crippen molar-refractivity contribution in [3.05, 3.63) is 77.1 Å². The second-order valence-electron chi connectivity index (χ2n) is 6.93. The van der Waals surface area contributed by atoms with E-state index in [1.807, 2.05) is 29.6 Å². The maximum absolute atomic E-state index is 13.5. The van der Waals surface area contributed by atoms with E-state index in [9.17, 15) is 9.59 Å². The summed E-state index contributed by atoms with van der Waals surface area (Å²) in [6, 6.07) is 8.70. The first-order chi connectivity index (χ1) is 15.5. The van der Waals surface area contributed by atoms with Crippen molar-refractivity contribution in [2.75, 3.05) is 20.8 Å². The Morgan fingerprint density at radius 3 is 2.66 bits per heavy atom. The fourth-order valence-corrected chi connectivity index (χ4v) is 5.47. The van der Waals surface area contributed by atoms with E-state index in [4.69, 9.17) is 14.2 Å². The maximum Gasteiger partial charge on any atom is 0.338 e. The molecule has 0 spiro atoms. The molecule has 3 heterocycles. The van der Waals surface area contributed by atoms with Crippen LogP contribution in [0.2, 0.25) is 0 Å². The summed E-state index contributed by atoms with van der Waals surface area (Å²) >= 11 is 2.77. The molecule has 0 fully saturated rings. The van der Waals surface area contributed by atoms with Gasteiger partial charge in [0.05, 0.1) is 36.6 Å². The van der Waals surface area contributed by atoms with Crippen molar-refractivity contribution < 1.29 is 19.0 Å². The van der Waals surface area contributed by atoms with E-state index in [0.717, 1.165) is 10.4 Å². The topological polar surface area (TPSA) is 79.1 Å². The zero-order valence-corrected chi connectivity index (χ0v) is 19.7. The molecule has 0 amide bonds. The molecule has 0 radical (unpaired) electrons. The van der Waals surface area contributed by atoms with Crippen LogP contribution in [0, 0.1) is 0 Å². The van der Waals surface area contributed by atoms with Gasteiger partial charge in [0.1, 0.15) is 6.04 Å². The highest BCUT2D eigenvalue weighted by Gasteiger charge is 2.33. The number of esters is 1. The summed E-state index contributed by atoms with van der Waals surface area (Å²) < 4.78 is 18.0. The number of nitrogens with zero attached hydrogens (tertiary/aromatic N) is 2. The summed E-state index contributed by atoms with van der Waals surface area (Å²) in [7, 11) is 3.14. The number of hydrogen-bond donors (Lipinski definition) is 0. The van der Waals surface area contributed by atoms with Crippen LogP contribution in [0.3, 0.4) is 0 Å². The Balaban J connectivity index is 1.90. The molecule has 0 aliphatic carbocycles. The highest BCUT2D eigenvalue weighted by molar-refractivity contribution is 7.10. The average Bonchev–Trinajstić information content (AvgIpc) is 3.41. The van der Waals surface area contributed by atoms with Crippen molar-refractivity contribution in [1.82, 2.24) is 4.57 Å². The summed E-state index contributed by atoms with van der Waals surface area (Å²) in [5.74, 6) is 0.728. The van der Waals surface area contributed by atoms with Crippen LogP contribution < -0.4 is 24.4 Å². The molecule has 0 saturated heterocycles. The Hall–Kier alpha value is -3.17.